The first-order valence-corrected chi connectivity index (χ1v) is 31.5. The Kier molecular flexibility index (Phi) is 52.3. The van der Waals surface area contributed by atoms with Crippen LogP contribution in [-0.4, -0.2) is 68.5 Å². The largest absolute Gasteiger partial charge is 0.756 e. The van der Waals surface area contributed by atoms with Crippen LogP contribution in [0.15, 0.2) is 97.2 Å². The lowest BCUT2D eigenvalue weighted by molar-refractivity contribution is -0.870. The normalized spacial score (nSPS) is 14.6. The van der Waals surface area contributed by atoms with Crippen LogP contribution in [0.5, 0.6) is 0 Å². The summed E-state index contributed by atoms with van der Waals surface area (Å²) in [6.45, 7) is 4.59. The number of amides is 1. The summed E-state index contributed by atoms with van der Waals surface area (Å²) in [4.78, 5) is 25.6. The van der Waals surface area contributed by atoms with Crippen molar-refractivity contribution in [2.45, 2.75) is 264 Å². The second-order valence-corrected chi connectivity index (χ2v) is 22.7. The van der Waals surface area contributed by atoms with Crippen LogP contribution < -0.4 is 10.2 Å². The number of rotatable bonds is 54. The molecule has 0 aromatic rings. The second kappa shape index (κ2) is 54.2. The van der Waals surface area contributed by atoms with E-state index in [4.69, 9.17) is 9.05 Å². The fourth-order valence-electron chi connectivity index (χ4n) is 8.41. The van der Waals surface area contributed by atoms with Crippen molar-refractivity contribution in [1.29, 1.82) is 0 Å². The van der Waals surface area contributed by atoms with E-state index in [1.54, 1.807) is 0 Å². The number of nitrogens with one attached hydrogen (secondary N) is 1. The summed E-state index contributed by atoms with van der Waals surface area (Å²) in [5.74, 6) is -0.208. The van der Waals surface area contributed by atoms with Gasteiger partial charge in [-0.3, -0.25) is 9.36 Å². The zero-order valence-corrected chi connectivity index (χ0v) is 49.0. The van der Waals surface area contributed by atoms with E-state index in [0.29, 0.717) is 30.3 Å². The molecule has 73 heavy (non-hydrogen) atoms. The third kappa shape index (κ3) is 57.0. The zero-order chi connectivity index (χ0) is 53.5. The van der Waals surface area contributed by atoms with E-state index in [9.17, 15) is 19.4 Å². The number of likely N-dealkylation sites (N-methyl/N-ethyl adjacent to an activating group) is 1. The average molecular weight is 1040 g/mol. The van der Waals surface area contributed by atoms with Crippen molar-refractivity contribution in [2.24, 2.45) is 0 Å². The number of carbonyl (C=O) groups excluding carboxylic acids is 1. The Hall–Kier alpha value is -2.58. The molecule has 0 fully saturated rings. The third-order valence-corrected chi connectivity index (χ3v) is 14.1. The Morgan fingerprint density at radius 2 is 0.836 bits per heavy atom. The monoisotopic (exact) mass is 1040 g/mol. The van der Waals surface area contributed by atoms with Crippen LogP contribution in [0, 0.1) is 0 Å². The van der Waals surface area contributed by atoms with Crippen LogP contribution in [0.3, 0.4) is 0 Å². The molecule has 0 aromatic carbocycles. The van der Waals surface area contributed by atoms with Gasteiger partial charge in [-0.15, -0.1) is 0 Å². The molecule has 0 spiro atoms. The highest BCUT2D eigenvalue weighted by Crippen LogP contribution is 2.38. The molecule has 8 nitrogen and oxygen atoms in total. The van der Waals surface area contributed by atoms with Gasteiger partial charge in [0.2, 0.25) is 5.91 Å². The minimum absolute atomic E-state index is 0.00154. The molecule has 0 heterocycles. The van der Waals surface area contributed by atoms with Crippen molar-refractivity contribution in [3.8, 4) is 0 Å². The number of allylic oxidation sites excluding steroid dienone is 16. The maximum atomic E-state index is 13.0. The van der Waals surface area contributed by atoms with E-state index in [-0.39, 0.29) is 19.1 Å². The van der Waals surface area contributed by atoms with Gasteiger partial charge in [0.25, 0.3) is 7.82 Å². The molecule has 9 heteroatoms. The molecule has 3 atom stereocenters. The maximum Gasteiger partial charge on any atom is 0.268 e. The summed E-state index contributed by atoms with van der Waals surface area (Å²) in [6, 6.07) is -0.832. The Morgan fingerprint density at radius 3 is 1.19 bits per heavy atom. The molecule has 0 aliphatic carbocycles. The molecule has 3 unspecified atom stereocenters. The topological polar surface area (TPSA) is 108 Å². The number of unbranched alkanes of at least 4 members (excludes halogenated alkanes) is 25. The summed E-state index contributed by atoms with van der Waals surface area (Å²) >= 11 is 0. The number of nitrogens with zero attached hydrogens (tertiary/aromatic N) is 1. The molecule has 422 valence electrons. The average Bonchev–Trinajstić information content (AvgIpc) is 3.35. The van der Waals surface area contributed by atoms with Crippen LogP contribution >= 0.6 is 7.82 Å². The van der Waals surface area contributed by atoms with Crippen LogP contribution in [0.1, 0.15) is 251 Å². The van der Waals surface area contributed by atoms with Crippen molar-refractivity contribution in [1.82, 2.24) is 5.32 Å². The molecule has 0 saturated carbocycles. The fraction of sp³-hybridized carbons (Fsp3) is 0.734. The Morgan fingerprint density at radius 1 is 0.493 bits per heavy atom. The van der Waals surface area contributed by atoms with Crippen LogP contribution in [-0.2, 0) is 18.4 Å². The van der Waals surface area contributed by atoms with E-state index in [1.165, 1.54) is 135 Å². The van der Waals surface area contributed by atoms with Gasteiger partial charge in [0.05, 0.1) is 39.9 Å². The molecule has 0 aliphatic rings. The number of phosphoric acid groups is 1. The molecule has 0 aliphatic heterocycles. The maximum absolute atomic E-state index is 13.0. The van der Waals surface area contributed by atoms with Gasteiger partial charge in [0.1, 0.15) is 13.2 Å². The molecule has 0 bridgehead atoms. The van der Waals surface area contributed by atoms with Gasteiger partial charge in [0, 0.05) is 6.42 Å². The number of aliphatic hydroxyl groups excluding tert-OH is 1. The first-order valence-electron chi connectivity index (χ1n) is 30.1. The highest BCUT2D eigenvalue weighted by atomic mass is 31.2. The number of phosphoric ester groups is 1. The lowest BCUT2D eigenvalue weighted by Gasteiger charge is -2.30. The molecule has 0 radical (unpaired) electrons. The minimum atomic E-state index is -4.60. The van der Waals surface area contributed by atoms with Gasteiger partial charge in [-0.25, -0.2) is 0 Å². The van der Waals surface area contributed by atoms with Crippen molar-refractivity contribution in [3.05, 3.63) is 97.2 Å². The van der Waals surface area contributed by atoms with E-state index in [2.05, 4.69) is 116 Å². The Labute approximate surface area is 451 Å². The predicted octanol–water partition coefficient (Wildman–Crippen LogP) is 18.0. The molecule has 0 saturated heterocycles. The minimum Gasteiger partial charge on any atom is -0.756 e. The third-order valence-electron chi connectivity index (χ3n) is 13.1. The highest BCUT2D eigenvalue weighted by Gasteiger charge is 2.24. The molecule has 1 amide bonds. The molecule has 0 rings (SSSR count). The van der Waals surface area contributed by atoms with E-state index in [1.807, 2.05) is 21.1 Å². The van der Waals surface area contributed by atoms with Gasteiger partial charge in [-0.05, 0) is 77.0 Å². The number of aliphatic hydroxyl groups is 1. The van der Waals surface area contributed by atoms with Crippen molar-refractivity contribution in [2.75, 3.05) is 40.9 Å². The van der Waals surface area contributed by atoms with Crippen molar-refractivity contribution < 1.29 is 32.9 Å². The summed E-state index contributed by atoms with van der Waals surface area (Å²) < 4.78 is 23.4. The first kappa shape index (κ1) is 70.4. The van der Waals surface area contributed by atoms with Crippen molar-refractivity contribution in [3.63, 3.8) is 0 Å². The Balaban J connectivity index is 4.28. The number of hydrogen-bond donors (Lipinski definition) is 2. The summed E-state index contributed by atoms with van der Waals surface area (Å²) in [7, 11) is 1.27. The van der Waals surface area contributed by atoms with Gasteiger partial charge in [0.15, 0.2) is 0 Å². The van der Waals surface area contributed by atoms with Crippen LogP contribution in [0.25, 0.3) is 0 Å². The number of hydrogen-bond acceptors (Lipinski definition) is 6. The lowest BCUT2D eigenvalue weighted by atomic mass is 10.0. The van der Waals surface area contributed by atoms with E-state index in [0.717, 1.165) is 83.5 Å². The standard InChI is InChI=1S/C64H115N2O6P/c1-6-8-10-12-14-16-18-20-22-24-26-28-30-32-33-34-36-38-40-42-44-46-48-50-52-54-56-58-64(68)65-62(61-72-73(69,70)71-60-59-66(3,4)5)63(67)57-55-53-51-49-47-45-43-41-39-37-35-31-29-27-25-23-21-19-17-15-13-11-9-7-2/h8,10,14,16,20,22,26,28,32-33,36,38,42,44,48,50,62-63,67H,6-7,9,11-13,15,17-19,21,23-25,27,29-31,34-35,37,39-41,43,45-47,49,51-61H2,1-5H3,(H-,65,68,69,70)/b10-8-,16-14-,22-20-,28-26-,33-32-,38-36-,44-42-,50-48-. The lowest BCUT2D eigenvalue weighted by Crippen LogP contribution is -2.46. The SMILES string of the molecule is CC/C=C\C/C=C\C/C=C\C/C=C\C/C=C\C/C=C\C/C=C\C/C=C\CCCCC(=O)NC(COP(=O)([O-])OCC[N+](C)(C)C)C(O)CCCCCCCCCCCCCCCCCCCCCCCCCC. The van der Waals surface area contributed by atoms with Gasteiger partial charge < -0.3 is 28.8 Å². The first-order chi connectivity index (χ1) is 35.5. The van der Waals surface area contributed by atoms with Gasteiger partial charge >= 0.3 is 0 Å². The molecular weight excluding hydrogens is 924 g/mol. The Bertz CT molecular complexity index is 1510. The number of quaternary nitrogens is 1. The van der Waals surface area contributed by atoms with Gasteiger partial charge in [-0.2, -0.15) is 0 Å². The van der Waals surface area contributed by atoms with E-state index >= 15 is 0 Å². The van der Waals surface area contributed by atoms with Crippen LogP contribution in [0.2, 0.25) is 0 Å². The number of carbonyl (C=O) groups is 1. The quantitative estimate of drug-likeness (QED) is 0.0272. The van der Waals surface area contributed by atoms with Crippen LogP contribution in [0.4, 0.5) is 0 Å². The molecule has 0 aromatic heterocycles. The highest BCUT2D eigenvalue weighted by molar-refractivity contribution is 7.45. The molecule has 2 N–H and O–H groups in total. The summed E-state index contributed by atoms with van der Waals surface area (Å²) in [6.07, 6.45) is 77.3. The smallest absolute Gasteiger partial charge is 0.268 e. The fourth-order valence-corrected chi connectivity index (χ4v) is 9.13. The molecular formula is C64H115N2O6P. The predicted molar refractivity (Wildman–Crippen MR) is 316 cm³/mol. The second-order valence-electron chi connectivity index (χ2n) is 21.3. The summed E-state index contributed by atoms with van der Waals surface area (Å²) in [5, 5.41) is 14.0. The van der Waals surface area contributed by atoms with Crippen molar-refractivity contribution >= 4 is 13.7 Å². The zero-order valence-electron chi connectivity index (χ0n) is 48.1. The van der Waals surface area contributed by atoms with Gasteiger partial charge in [-0.1, -0.05) is 265 Å². The van der Waals surface area contributed by atoms with E-state index < -0.39 is 20.0 Å². The summed E-state index contributed by atoms with van der Waals surface area (Å²) in [5.41, 5.74) is 0.